The number of thiocarbonyl (C=S) groups is 1. The smallest absolute Gasteiger partial charge is 0.323 e. The van der Waals surface area contributed by atoms with Gasteiger partial charge in [0.05, 0.1) is 4.91 Å². The Hall–Kier alpha value is -2.19. The Balaban J connectivity index is 1.89. The van der Waals surface area contributed by atoms with Crippen molar-refractivity contribution in [1.82, 2.24) is 4.90 Å². The summed E-state index contributed by atoms with van der Waals surface area (Å²) in [6, 6.07) is 6.79. The first-order valence-electron chi connectivity index (χ1n) is 9.18. The molecule has 6 nitrogen and oxygen atoms in total. The van der Waals surface area contributed by atoms with Gasteiger partial charge in [0, 0.05) is 6.42 Å². The number of carbonyl (C=O) groups is 3. The van der Waals surface area contributed by atoms with Crippen LogP contribution in [0.3, 0.4) is 0 Å². The topological polar surface area (TPSA) is 83.9 Å². The zero-order valence-corrected chi connectivity index (χ0v) is 17.3. The van der Waals surface area contributed by atoms with Crippen LogP contribution in [0, 0.1) is 0 Å². The average molecular weight is 422 g/mol. The minimum atomic E-state index is -1.12. The van der Waals surface area contributed by atoms with Gasteiger partial charge in [-0.05, 0) is 30.2 Å². The van der Waals surface area contributed by atoms with Crippen LogP contribution in [0.2, 0.25) is 0 Å². The molecular weight excluding hydrogens is 398 g/mol. The molecule has 1 fully saturated rings. The van der Waals surface area contributed by atoms with E-state index in [0.29, 0.717) is 17.1 Å². The molecule has 0 aliphatic carbocycles. The molecular formula is C20H23NO5S2. The second kappa shape index (κ2) is 11.0. The molecule has 0 aromatic heterocycles. The number of hydrogen-bond acceptors (Lipinski definition) is 6. The number of thioether (sulfide) groups is 1. The van der Waals surface area contributed by atoms with E-state index in [-0.39, 0.29) is 10.3 Å². The Bertz CT molecular complexity index is 773. The van der Waals surface area contributed by atoms with E-state index in [1.54, 1.807) is 30.3 Å². The van der Waals surface area contributed by atoms with Crippen molar-refractivity contribution >= 4 is 52.2 Å². The summed E-state index contributed by atoms with van der Waals surface area (Å²) in [6.45, 7) is 1.70. The molecule has 1 aromatic rings. The van der Waals surface area contributed by atoms with E-state index < -0.39 is 18.4 Å². The highest BCUT2D eigenvalue weighted by Gasteiger charge is 2.33. The van der Waals surface area contributed by atoms with Crippen LogP contribution < -0.4 is 4.74 Å². The van der Waals surface area contributed by atoms with Crippen molar-refractivity contribution in [2.75, 3.05) is 6.54 Å². The van der Waals surface area contributed by atoms with E-state index in [9.17, 15) is 14.4 Å². The Morgan fingerprint density at radius 3 is 2.50 bits per heavy atom. The number of rotatable bonds is 10. The number of carboxylic acid groups (broad SMARTS) is 1. The lowest BCUT2D eigenvalue weighted by Gasteiger charge is -2.10. The van der Waals surface area contributed by atoms with Crippen molar-refractivity contribution in [3.05, 3.63) is 34.7 Å². The van der Waals surface area contributed by atoms with Crippen LogP contribution in [0.25, 0.3) is 6.08 Å². The second-order valence-corrected chi connectivity index (χ2v) is 8.04. The van der Waals surface area contributed by atoms with Crippen LogP contribution in [0.15, 0.2) is 29.2 Å². The molecule has 0 atom stereocenters. The lowest BCUT2D eigenvalue weighted by Crippen LogP contribution is -2.33. The minimum Gasteiger partial charge on any atom is -0.480 e. The molecule has 0 saturated carbocycles. The summed E-state index contributed by atoms with van der Waals surface area (Å²) in [4.78, 5) is 36.4. The number of esters is 1. The highest BCUT2D eigenvalue weighted by Crippen LogP contribution is 2.32. The van der Waals surface area contributed by atoms with Gasteiger partial charge in [-0.3, -0.25) is 19.3 Å². The maximum absolute atomic E-state index is 12.3. The quantitative estimate of drug-likeness (QED) is 0.199. The molecule has 1 heterocycles. The van der Waals surface area contributed by atoms with Crippen LogP contribution in [0.1, 0.15) is 51.0 Å². The average Bonchev–Trinajstić information content (AvgIpc) is 2.90. The SMILES string of the molecule is CCCCCCCC(=O)Oc1ccc(/C=C2/SC(=S)N(CC(=O)O)C2=O)cc1. The molecule has 150 valence electrons. The Morgan fingerprint density at radius 1 is 1.18 bits per heavy atom. The van der Waals surface area contributed by atoms with Crippen LogP contribution in [0.4, 0.5) is 0 Å². The number of amides is 1. The summed E-state index contributed by atoms with van der Waals surface area (Å²) in [5.74, 6) is -1.34. The summed E-state index contributed by atoms with van der Waals surface area (Å²) in [5.41, 5.74) is 0.732. The lowest BCUT2D eigenvalue weighted by atomic mass is 10.1. The molecule has 1 amide bonds. The van der Waals surface area contributed by atoms with Crippen molar-refractivity contribution in [2.45, 2.75) is 45.4 Å². The van der Waals surface area contributed by atoms with E-state index in [1.165, 1.54) is 12.8 Å². The number of carbonyl (C=O) groups excluding carboxylic acids is 2. The Morgan fingerprint density at radius 2 is 1.86 bits per heavy atom. The molecule has 8 heteroatoms. The molecule has 0 radical (unpaired) electrons. The molecule has 0 unspecified atom stereocenters. The Kier molecular flexibility index (Phi) is 8.66. The molecule has 1 N–H and O–H groups in total. The summed E-state index contributed by atoms with van der Waals surface area (Å²) >= 11 is 6.13. The van der Waals surface area contributed by atoms with E-state index >= 15 is 0 Å². The van der Waals surface area contributed by atoms with Gasteiger partial charge in [-0.15, -0.1) is 0 Å². The number of unbranched alkanes of at least 4 members (excludes halogenated alkanes) is 4. The van der Waals surface area contributed by atoms with Crippen molar-refractivity contribution in [3.8, 4) is 5.75 Å². The first-order chi connectivity index (χ1) is 13.4. The first-order valence-corrected chi connectivity index (χ1v) is 10.4. The van der Waals surface area contributed by atoms with E-state index in [4.69, 9.17) is 22.1 Å². The van der Waals surface area contributed by atoms with Gasteiger partial charge in [-0.25, -0.2) is 0 Å². The third-order valence-corrected chi connectivity index (χ3v) is 5.44. The van der Waals surface area contributed by atoms with Gasteiger partial charge in [0.15, 0.2) is 0 Å². The molecule has 0 bridgehead atoms. The van der Waals surface area contributed by atoms with Crippen molar-refractivity contribution in [3.63, 3.8) is 0 Å². The molecule has 1 aliphatic heterocycles. The number of benzene rings is 1. The number of nitrogens with zero attached hydrogens (tertiary/aromatic N) is 1. The molecule has 28 heavy (non-hydrogen) atoms. The highest BCUT2D eigenvalue weighted by atomic mass is 32.2. The molecule has 1 aliphatic rings. The zero-order valence-electron chi connectivity index (χ0n) is 15.7. The van der Waals surface area contributed by atoms with E-state index in [0.717, 1.165) is 41.5 Å². The predicted molar refractivity (Wildman–Crippen MR) is 113 cm³/mol. The van der Waals surface area contributed by atoms with Gasteiger partial charge in [0.25, 0.3) is 5.91 Å². The van der Waals surface area contributed by atoms with Gasteiger partial charge in [-0.2, -0.15) is 0 Å². The number of carboxylic acids is 1. The fourth-order valence-corrected chi connectivity index (χ4v) is 3.87. The maximum atomic E-state index is 12.3. The number of aliphatic carboxylic acids is 1. The predicted octanol–water partition coefficient (Wildman–Crippen LogP) is 4.24. The summed E-state index contributed by atoms with van der Waals surface area (Å²) < 4.78 is 5.54. The highest BCUT2D eigenvalue weighted by molar-refractivity contribution is 8.26. The zero-order chi connectivity index (χ0) is 20.5. The van der Waals surface area contributed by atoms with Crippen molar-refractivity contribution < 1.29 is 24.2 Å². The number of hydrogen-bond donors (Lipinski definition) is 1. The van der Waals surface area contributed by atoms with Crippen LogP contribution in [0.5, 0.6) is 5.75 Å². The minimum absolute atomic E-state index is 0.225. The fraction of sp³-hybridized carbons (Fsp3) is 0.400. The van der Waals surface area contributed by atoms with E-state index in [2.05, 4.69) is 6.92 Å². The van der Waals surface area contributed by atoms with Crippen molar-refractivity contribution in [1.29, 1.82) is 0 Å². The van der Waals surface area contributed by atoms with Gasteiger partial charge in [-0.1, -0.05) is 68.7 Å². The molecule has 1 aromatic carbocycles. The maximum Gasteiger partial charge on any atom is 0.323 e. The first kappa shape index (κ1) is 22.1. The largest absolute Gasteiger partial charge is 0.480 e. The van der Waals surface area contributed by atoms with Crippen LogP contribution in [-0.2, 0) is 14.4 Å². The van der Waals surface area contributed by atoms with Gasteiger partial charge in [0.2, 0.25) is 0 Å². The summed E-state index contributed by atoms with van der Waals surface area (Å²) in [5, 5.41) is 8.86. The molecule has 2 rings (SSSR count). The van der Waals surface area contributed by atoms with Gasteiger partial charge < -0.3 is 9.84 Å². The fourth-order valence-electron chi connectivity index (χ4n) is 2.61. The molecule has 0 spiro atoms. The monoisotopic (exact) mass is 421 g/mol. The third-order valence-electron chi connectivity index (χ3n) is 4.06. The summed E-state index contributed by atoms with van der Waals surface area (Å²) in [6.07, 6.45) is 7.39. The van der Waals surface area contributed by atoms with Crippen LogP contribution in [-0.4, -0.2) is 38.7 Å². The van der Waals surface area contributed by atoms with E-state index in [1.807, 2.05) is 0 Å². The normalized spacial score (nSPS) is 15.3. The van der Waals surface area contributed by atoms with Crippen molar-refractivity contribution in [2.24, 2.45) is 0 Å². The lowest BCUT2D eigenvalue weighted by molar-refractivity contribution is -0.140. The third kappa shape index (κ3) is 6.76. The van der Waals surface area contributed by atoms with Gasteiger partial charge >= 0.3 is 11.9 Å². The summed E-state index contributed by atoms with van der Waals surface area (Å²) in [7, 11) is 0. The van der Waals surface area contributed by atoms with Crippen LogP contribution >= 0.6 is 24.0 Å². The van der Waals surface area contributed by atoms with Gasteiger partial charge in [0.1, 0.15) is 16.6 Å². The standard InChI is InChI=1S/C20H23NO5S2/c1-2-3-4-5-6-7-18(24)26-15-10-8-14(9-11-15)12-16-19(25)21(13-17(22)23)20(27)28-16/h8-12H,2-7,13H2,1H3,(H,22,23)/b16-12+. The number of ether oxygens (including phenoxy) is 1. The Labute approximate surface area is 173 Å². The molecule has 1 saturated heterocycles. The second-order valence-electron chi connectivity index (χ2n) is 6.37.